The summed E-state index contributed by atoms with van der Waals surface area (Å²) < 4.78 is 0. The highest BCUT2D eigenvalue weighted by Crippen LogP contribution is 1.97. The van der Waals surface area contributed by atoms with Crippen molar-refractivity contribution in [1.29, 1.82) is 0 Å². The molecule has 0 aromatic heterocycles. The third-order valence-electron chi connectivity index (χ3n) is 2.45. The van der Waals surface area contributed by atoms with Gasteiger partial charge in [0.1, 0.15) is 6.54 Å². The number of hydrogen-bond acceptors (Lipinski definition) is 2. The fraction of sp³-hybridized carbons (Fsp3) is 0.385. The van der Waals surface area contributed by atoms with Gasteiger partial charge in [0.05, 0.1) is 0 Å². The maximum Gasteiger partial charge on any atom is 0.243 e. The van der Waals surface area contributed by atoms with Crippen LogP contribution in [-0.4, -0.2) is 44.0 Å². The molecule has 0 aliphatic carbocycles. The Morgan fingerprint density at radius 1 is 1.33 bits per heavy atom. The summed E-state index contributed by atoms with van der Waals surface area (Å²) in [5.74, 6) is 0.240. The van der Waals surface area contributed by atoms with Gasteiger partial charge in [-0.25, -0.2) is 4.99 Å². The molecule has 0 atom stereocenters. The molecule has 5 nitrogen and oxygen atoms in total. The molecule has 18 heavy (non-hydrogen) atoms. The van der Waals surface area contributed by atoms with E-state index in [9.17, 15) is 4.79 Å². The molecule has 0 bridgehead atoms. The van der Waals surface area contributed by atoms with Crippen LogP contribution in [0.25, 0.3) is 0 Å². The zero-order chi connectivity index (χ0) is 13.4. The van der Waals surface area contributed by atoms with E-state index in [2.05, 4.69) is 22.4 Å². The summed E-state index contributed by atoms with van der Waals surface area (Å²) in [4.78, 5) is 16.7. The van der Waals surface area contributed by atoms with Crippen LogP contribution in [0.3, 0.4) is 0 Å². The van der Waals surface area contributed by atoms with Gasteiger partial charge in [-0.2, -0.15) is 0 Å². The number of nitrogens with two attached hydrogens (primary N) is 1. The Morgan fingerprint density at radius 2 is 2.00 bits per heavy atom. The lowest BCUT2D eigenvalue weighted by Crippen LogP contribution is -2.34. The Morgan fingerprint density at radius 3 is 2.61 bits per heavy atom. The van der Waals surface area contributed by atoms with Crippen LogP contribution in [0, 0.1) is 0 Å². The third kappa shape index (κ3) is 5.34. The fourth-order valence-corrected chi connectivity index (χ4v) is 1.33. The molecule has 0 saturated heterocycles. The van der Waals surface area contributed by atoms with E-state index >= 15 is 0 Å². The summed E-state index contributed by atoms with van der Waals surface area (Å²) in [6.07, 6.45) is 0.874. The van der Waals surface area contributed by atoms with E-state index in [1.54, 1.807) is 14.1 Å². The number of amides is 1. The monoisotopic (exact) mass is 248 g/mol. The Kier molecular flexibility index (Phi) is 5.70. The average Bonchev–Trinajstić information content (AvgIpc) is 2.37. The maximum absolute atomic E-state index is 11.3. The van der Waals surface area contributed by atoms with Gasteiger partial charge in [0.15, 0.2) is 5.96 Å². The number of guanidine groups is 1. The topological polar surface area (TPSA) is 70.7 Å². The molecular formula is C13H20N4O. The third-order valence-corrected chi connectivity index (χ3v) is 2.45. The van der Waals surface area contributed by atoms with Crippen LogP contribution in [0.4, 0.5) is 0 Å². The molecule has 1 rings (SSSR count). The minimum Gasteiger partial charge on any atom is -0.370 e. The van der Waals surface area contributed by atoms with E-state index < -0.39 is 0 Å². The van der Waals surface area contributed by atoms with Crippen molar-refractivity contribution in [3.63, 3.8) is 0 Å². The van der Waals surface area contributed by atoms with Crippen LogP contribution in [0.5, 0.6) is 0 Å². The van der Waals surface area contributed by atoms with E-state index in [0.29, 0.717) is 12.5 Å². The molecule has 0 aliphatic rings. The van der Waals surface area contributed by atoms with Crippen molar-refractivity contribution in [2.45, 2.75) is 6.42 Å². The molecule has 0 heterocycles. The number of aliphatic imine (C=N–C) groups is 1. The van der Waals surface area contributed by atoms with Crippen molar-refractivity contribution < 1.29 is 4.79 Å². The zero-order valence-corrected chi connectivity index (χ0v) is 10.9. The first-order valence-electron chi connectivity index (χ1n) is 5.87. The van der Waals surface area contributed by atoms with Gasteiger partial charge in [-0.05, 0) is 12.0 Å². The molecule has 0 radical (unpaired) electrons. The van der Waals surface area contributed by atoms with E-state index in [4.69, 9.17) is 5.73 Å². The summed E-state index contributed by atoms with van der Waals surface area (Å²) in [7, 11) is 3.38. The number of nitrogens with zero attached hydrogens (tertiary/aromatic N) is 2. The summed E-state index contributed by atoms with van der Waals surface area (Å²) in [6.45, 7) is 0.784. The Labute approximate surface area is 108 Å². The highest BCUT2D eigenvalue weighted by atomic mass is 16.2. The molecular weight excluding hydrogens is 228 g/mol. The second-order valence-corrected chi connectivity index (χ2v) is 4.15. The molecule has 0 spiro atoms. The normalized spacial score (nSPS) is 11.1. The van der Waals surface area contributed by atoms with E-state index in [1.807, 2.05) is 18.2 Å². The highest BCUT2D eigenvalue weighted by molar-refractivity contribution is 5.83. The van der Waals surface area contributed by atoms with Crippen LogP contribution in [0.2, 0.25) is 0 Å². The summed E-state index contributed by atoms with van der Waals surface area (Å²) in [5, 5.41) is 2.98. The molecule has 1 aromatic carbocycles. The van der Waals surface area contributed by atoms with Gasteiger partial charge in [0, 0.05) is 20.6 Å². The molecule has 0 fully saturated rings. The zero-order valence-electron chi connectivity index (χ0n) is 10.9. The van der Waals surface area contributed by atoms with Crippen molar-refractivity contribution >= 4 is 11.9 Å². The number of carbonyl (C=O) groups excluding carboxylic acids is 1. The Bertz CT molecular complexity index is 401. The summed E-state index contributed by atoms with van der Waals surface area (Å²) >= 11 is 0. The van der Waals surface area contributed by atoms with Crippen LogP contribution < -0.4 is 11.1 Å². The lowest BCUT2D eigenvalue weighted by atomic mass is 10.1. The number of hydrogen-bond donors (Lipinski definition) is 2. The summed E-state index contributed by atoms with van der Waals surface area (Å²) in [6, 6.07) is 10.1. The fourth-order valence-electron chi connectivity index (χ4n) is 1.33. The predicted molar refractivity (Wildman–Crippen MR) is 73.3 cm³/mol. The van der Waals surface area contributed by atoms with Gasteiger partial charge in [-0.1, -0.05) is 30.3 Å². The molecule has 3 N–H and O–H groups in total. The second kappa shape index (κ2) is 7.32. The van der Waals surface area contributed by atoms with Crippen molar-refractivity contribution in [2.24, 2.45) is 10.7 Å². The van der Waals surface area contributed by atoms with Gasteiger partial charge in [-0.3, -0.25) is 4.79 Å². The largest absolute Gasteiger partial charge is 0.370 e. The van der Waals surface area contributed by atoms with Crippen molar-refractivity contribution in [1.82, 2.24) is 10.2 Å². The average molecular weight is 248 g/mol. The molecule has 98 valence electrons. The molecule has 0 aliphatic heterocycles. The van der Waals surface area contributed by atoms with Crippen molar-refractivity contribution in [3.05, 3.63) is 35.9 Å². The minimum absolute atomic E-state index is 0.0668. The lowest BCUT2D eigenvalue weighted by molar-refractivity contribution is -0.127. The minimum atomic E-state index is -0.0668. The van der Waals surface area contributed by atoms with Gasteiger partial charge in [0.25, 0.3) is 0 Å². The second-order valence-electron chi connectivity index (χ2n) is 4.15. The van der Waals surface area contributed by atoms with E-state index in [0.717, 1.165) is 6.42 Å². The molecule has 1 aromatic rings. The van der Waals surface area contributed by atoms with Gasteiger partial charge in [-0.15, -0.1) is 0 Å². The van der Waals surface area contributed by atoms with Crippen LogP contribution >= 0.6 is 0 Å². The van der Waals surface area contributed by atoms with E-state index in [-0.39, 0.29) is 12.5 Å². The molecule has 0 saturated carbocycles. The number of carbonyl (C=O) groups is 1. The smallest absolute Gasteiger partial charge is 0.243 e. The number of nitrogens with one attached hydrogen (secondary N) is 1. The summed E-state index contributed by atoms with van der Waals surface area (Å²) in [5.41, 5.74) is 6.89. The van der Waals surface area contributed by atoms with Gasteiger partial charge >= 0.3 is 0 Å². The molecule has 5 heteroatoms. The standard InChI is InChI=1S/C13H20N4O/c1-17(2)12(18)10-16-13(14)15-9-8-11-6-4-3-5-7-11/h3-7H,8-10H2,1-2H3,(H3,14,15,16). The number of likely N-dealkylation sites (N-methyl/N-ethyl adjacent to an activating group) is 1. The Hall–Kier alpha value is -2.04. The van der Waals surface area contributed by atoms with Crippen LogP contribution in [0.1, 0.15) is 5.56 Å². The predicted octanol–water partition coefficient (Wildman–Crippen LogP) is 0.222. The van der Waals surface area contributed by atoms with Crippen LogP contribution in [0.15, 0.2) is 35.3 Å². The van der Waals surface area contributed by atoms with Crippen LogP contribution in [-0.2, 0) is 11.2 Å². The molecule has 0 unspecified atom stereocenters. The molecule has 1 amide bonds. The van der Waals surface area contributed by atoms with Gasteiger partial charge < -0.3 is 16.0 Å². The van der Waals surface area contributed by atoms with Crippen molar-refractivity contribution in [3.8, 4) is 0 Å². The maximum atomic E-state index is 11.3. The Balaban J connectivity index is 2.27. The SMILES string of the molecule is CN(C)C(=O)CN=C(N)NCCc1ccccc1. The first-order valence-corrected chi connectivity index (χ1v) is 5.87. The van der Waals surface area contributed by atoms with E-state index in [1.165, 1.54) is 10.5 Å². The highest BCUT2D eigenvalue weighted by Gasteiger charge is 2.01. The number of rotatable bonds is 5. The quantitative estimate of drug-likeness (QED) is 0.578. The number of benzene rings is 1. The van der Waals surface area contributed by atoms with Crippen molar-refractivity contribution in [2.75, 3.05) is 27.2 Å². The van der Waals surface area contributed by atoms with Gasteiger partial charge in [0.2, 0.25) is 5.91 Å². The first-order chi connectivity index (χ1) is 8.59. The first kappa shape index (κ1) is 14.0. The lowest BCUT2D eigenvalue weighted by Gasteiger charge is -2.09.